The van der Waals surface area contributed by atoms with Crippen molar-refractivity contribution in [1.29, 1.82) is 0 Å². The number of carbonyl (C=O) groups is 4. The number of amides is 2. The highest BCUT2D eigenvalue weighted by Crippen LogP contribution is 2.34. The molecule has 0 saturated heterocycles. The summed E-state index contributed by atoms with van der Waals surface area (Å²) < 4.78 is 22.2. The van der Waals surface area contributed by atoms with Crippen molar-refractivity contribution in [2.45, 2.75) is 65.0 Å². The molecule has 2 aliphatic rings. The Morgan fingerprint density at radius 1 is 1.19 bits per heavy atom. The average molecular weight is 652 g/mol. The van der Waals surface area contributed by atoms with Gasteiger partial charge in [-0.25, -0.2) is 4.79 Å². The van der Waals surface area contributed by atoms with E-state index in [1.165, 1.54) is 32.6 Å². The number of rotatable bonds is 7. The molecule has 2 bridgehead atoms. The predicted octanol–water partition coefficient (Wildman–Crippen LogP) is 3.66. The highest BCUT2D eigenvalue weighted by molar-refractivity contribution is 6.39. The average Bonchev–Trinajstić information content (AvgIpc) is 3.56. The number of nitrogens with one attached hydrogen (secondary N) is 2. The minimum absolute atomic E-state index is 0.0831. The Hall–Kier alpha value is -4.52. The van der Waals surface area contributed by atoms with Crippen LogP contribution in [0.1, 0.15) is 46.3 Å². The van der Waals surface area contributed by atoms with Crippen LogP contribution in [-0.2, 0) is 28.6 Å². The monoisotopic (exact) mass is 651 g/mol. The van der Waals surface area contributed by atoms with Crippen LogP contribution in [0, 0.1) is 11.8 Å². The Bertz CT molecular complexity index is 1500. The molecular weight excluding hydrogens is 606 g/mol. The van der Waals surface area contributed by atoms with Crippen LogP contribution in [0.3, 0.4) is 0 Å². The van der Waals surface area contributed by atoms with Crippen LogP contribution < -0.4 is 16.4 Å². The first-order chi connectivity index (χ1) is 22.3. The zero-order valence-corrected chi connectivity index (χ0v) is 27.7. The maximum absolute atomic E-state index is 14.2. The highest BCUT2D eigenvalue weighted by atomic mass is 16.6. The number of aliphatic hydroxyl groups is 1. The molecule has 1 aliphatic carbocycles. The molecule has 12 heteroatoms. The van der Waals surface area contributed by atoms with Gasteiger partial charge < -0.3 is 40.1 Å². The van der Waals surface area contributed by atoms with Crippen molar-refractivity contribution < 1.29 is 42.9 Å². The van der Waals surface area contributed by atoms with Crippen LogP contribution in [0.4, 0.5) is 4.79 Å². The molecule has 1 aliphatic heterocycles. The molecular formula is C35H45N3O9. The summed E-state index contributed by atoms with van der Waals surface area (Å²) in [7, 11) is 2.91. The van der Waals surface area contributed by atoms with Gasteiger partial charge in [-0.3, -0.25) is 14.4 Å². The molecule has 6 atom stereocenters. The Morgan fingerprint density at radius 3 is 2.51 bits per heavy atom. The van der Waals surface area contributed by atoms with E-state index < -0.39 is 53.9 Å². The number of furan rings is 1. The maximum Gasteiger partial charge on any atom is 0.405 e. The van der Waals surface area contributed by atoms with Gasteiger partial charge in [0.25, 0.3) is 5.91 Å². The molecule has 5 N–H and O–H groups in total. The number of ether oxygens (including phenoxy) is 3. The number of nitrogens with two attached hydrogens (primary N) is 1. The molecule has 0 fully saturated rings. The van der Waals surface area contributed by atoms with Gasteiger partial charge in [0.2, 0.25) is 11.6 Å². The molecule has 1 aromatic rings. The standard InChI is InChI=1S/C35H45N3O9/c1-8-14-37-28-23-16-19(2)17-26(45-7)30(39)21(4)18-22(5)33(47-35(36)43)25(44-6)12-9-11-20(3)34(42)38-29(31(23)40)27(32(28)41)24-13-10-15-46-24/h8-13,15,18-19,21,25-26,30,33,37,39H,1,14,16-17H2,2-7H3,(H2,36,43)(H,38,42)/t19-,21+,25+,26+,30-,33+/m1/s1. The quantitative estimate of drug-likeness (QED) is 0.251. The Labute approximate surface area is 275 Å². The minimum Gasteiger partial charge on any atom is -0.464 e. The highest BCUT2D eigenvalue weighted by Gasteiger charge is 2.38. The van der Waals surface area contributed by atoms with Crippen molar-refractivity contribution in [2.24, 2.45) is 17.6 Å². The van der Waals surface area contributed by atoms with Crippen LogP contribution >= 0.6 is 0 Å². The summed E-state index contributed by atoms with van der Waals surface area (Å²) in [5, 5.41) is 17.0. The van der Waals surface area contributed by atoms with Crippen LogP contribution in [0.5, 0.6) is 0 Å². The van der Waals surface area contributed by atoms with Gasteiger partial charge in [0, 0.05) is 37.8 Å². The summed E-state index contributed by atoms with van der Waals surface area (Å²) in [6.07, 6.45) is 5.33. The van der Waals surface area contributed by atoms with Crippen molar-refractivity contribution in [2.75, 3.05) is 20.8 Å². The number of aliphatic hydroxyl groups excluding tert-OH is 1. The van der Waals surface area contributed by atoms with E-state index >= 15 is 0 Å². The fraction of sp³-hybridized carbons (Fsp3) is 0.429. The normalized spacial score (nSPS) is 26.8. The Morgan fingerprint density at radius 2 is 1.91 bits per heavy atom. The molecule has 0 radical (unpaired) electrons. The van der Waals surface area contributed by atoms with E-state index in [-0.39, 0.29) is 52.8 Å². The summed E-state index contributed by atoms with van der Waals surface area (Å²) >= 11 is 0. The van der Waals surface area contributed by atoms with E-state index in [2.05, 4.69) is 17.2 Å². The van der Waals surface area contributed by atoms with E-state index in [0.717, 1.165) is 0 Å². The number of primary amides is 1. The Balaban J connectivity index is 2.21. The van der Waals surface area contributed by atoms with Crippen LogP contribution in [0.2, 0.25) is 0 Å². The molecule has 2 amide bonds. The van der Waals surface area contributed by atoms with Gasteiger partial charge in [0.1, 0.15) is 17.6 Å². The minimum atomic E-state index is -1.01. The van der Waals surface area contributed by atoms with Gasteiger partial charge in [-0.15, -0.1) is 6.58 Å². The summed E-state index contributed by atoms with van der Waals surface area (Å²) in [6.45, 7) is 10.9. The maximum atomic E-state index is 14.2. The number of methoxy groups -OCH3 is 2. The number of ketones is 2. The van der Waals surface area contributed by atoms with Crippen molar-refractivity contribution in [3.8, 4) is 0 Å². The van der Waals surface area contributed by atoms with E-state index in [1.807, 2.05) is 6.92 Å². The number of fused-ring (bicyclic) bond motifs is 2. The summed E-state index contributed by atoms with van der Waals surface area (Å²) in [4.78, 5) is 53.5. The number of Topliss-reactive ketones (excluding diaryl/α,β-unsaturated/α-hetero) is 2. The molecule has 0 unspecified atom stereocenters. The first-order valence-corrected chi connectivity index (χ1v) is 15.3. The molecule has 3 rings (SSSR count). The second-order valence-electron chi connectivity index (χ2n) is 11.7. The molecule has 0 spiro atoms. The van der Waals surface area contributed by atoms with E-state index in [9.17, 15) is 24.3 Å². The zero-order chi connectivity index (χ0) is 34.8. The number of carbonyl (C=O) groups excluding carboxylic acids is 4. The Kier molecular flexibility index (Phi) is 13.3. The van der Waals surface area contributed by atoms with Gasteiger partial charge in [-0.05, 0) is 50.3 Å². The van der Waals surface area contributed by atoms with Crippen LogP contribution in [0.15, 0.2) is 87.9 Å². The van der Waals surface area contributed by atoms with Crippen LogP contribution in [0.25, 0.3) is 5.57 Å². The fourth-order valence-electron chi connectivity index (χ4n) is 5.68. The lowest BCUT2D eigenvalue weighted by molar-refractivity contribution is -0.120. The predicted molar refractivity (Wildman–Crippen MR) is 175 cm³/mol. The lowest BCUT2D eigenvalue weighted by atomic mass is 9.82. The molecule has 1 aromatic heterocycles. The smallest absolute Gasteiger partial charge is 0.405 e. The lowest BCUT2D eigenvalue weighted by Crippen LogP contribution is -2.39. The van der Waals surface area contributed by atoms with Crippen molar-refractivity contribution >= 4 is 29.1 Å². The molecule has 2 heterocycles. The summed E-state index contributed by atoms with van der Waals surface area (Å²) in [5.74, 6) is -2.31. The first-order valence-electron chi connectivity index (χ1n) is 15.3. The van der Waals surface area contributed by atoms with Crippen LogP contribution in [-0.4, -0.2) is 73.9 Å². The van der Waals surface area contributed by atoms with Gasteiger partial charge in [0.15, 0.2) is 6.10 Å². The second-order valence-corrected chi connectivity index (χ2v) is 11.7. The first kappa shape index (κ1) is 36.9. The molecule has 47 heavy (non-hydrogen) atoms. The molecule has 0 saturated carbocycles. The van der Waals surface area contributed by atoms with Crippen molar-refractivity contribution in [3.63, 3.8) is 0 Å². The third-order valence-corrected chi connectivity index (χ3v) is 8.14. The third-order valence-electron chi connectivity index (χ3n) is 8.14. The SMILES string of the molecule is C=CCNC1=C2C[C@@H](C)C[C@H](OC)[C@H](O)[C@@H](C)C=C(C)[C@H](OC(N)=O)[C@@H](OC)C=CC=C(C)C(=O)NC(=C(c3ccco3)C1=O)C2=O. The van der Waals surface area contributed by atoms with E-state index in [4.69, 9.17) is 24.4 Å². The number of hydrogen-bond donors (Lipinski definition) is 4. The third kappa shape index (κ3) is 9.06. The van der Waals surface area contributed by atoms with Gasteiger partial charge in [0.05, 0.1) is 29.7 Å². The summed E-state index contributed by atoms with van der Waals surface area (Å²) in [6, 6.07) is 3.12. The lowest BCUT2D eigenvalue weighted by Gasteiger charge is -2.30. The van der Waals surface area contributed by atoms with Gasteiger partial charge in [-0.1, -0.05) is 44.2 Å². The second kappa shape index (κ2) is 16.9. The fourth-order valence-corrected chi connectivity index (χ4v) is 5.68. The number of hydrogen-bond acceptors (Lipinski definition) is 10. The van der Waals surface area contributed by atoms with Crippen molar-refractivity contribution in [1.82, 2.24) is 10.6 Å². The van der Waals surface area contributed by atoms with E-state index in [0.29, 0.717) is 12.0 Å². The van der Waals surface area contributed by atoms with Crippen molar-refractivity contribution in [3.05, 3.63) is 89.2 Å². The number of allylic oxidation sites excluding steroid dienone is 4. The molecule has 0 aromatic carbocycles. The topological polar surface area (TPSA) is 179 Å². The van der Waals surface area contributed by atoms with Gasteiger partial charge >= 0.3 is 6.09 Å². The summed E-state index contributed by atoms with van der Waals surface area (Å²) in [5.41, 5.74) is 6.12. The van der Waals surface area contributed by atoms with Gasteiger partial charge in [-0.2, -0.15) is 0 Å². The molecule has 254 valence electrons. The largest absolute Gasteiger partial charge is 0.464 e. The van der Waals surface area contributed by atoms with E-state index in [1.54, 1.807) is 51.1 Å². The molecule has 12 nitrogen and oxygen atoms in total. The zero-order valence-electron chi connectivity index (χ0n) is 27.7.